The van der Waals surface area contributed by atoms with Crippen LogP contribution in [0, 0.1) is 6.92 Å². The zero-order valence-electron chi connectivity index (χ0n) is 7.26. The minimum atomic E-state index is 0.670. The molecule has 1 aromatic heterocycles. The van der Waals surface area contributed by atoms with Gasteiger partial charge in [0.2, 0.25) is 0 Å². The van der Waals surface area contributed by atoms with Crippen LogP contribution in [0.1, 0.15) is 18.2 Å². The average Bonchev–Trinajstić information content (AvgIpc) is 2.47. The Morgan fingerprint density at radius 3 is 3.00 bits per heavy atom. The average molecular weight is 167 g/mol. The van der Waals surface area contributed by atoms with Gasteiger partial charge in [0.05, 0.1) is 11.8 Å². The molecular formula is C7H13N5. The third-order valence-electron chi connectivity index (χ3n) is 1.54. The number of rotatable bonds is 2. The van der Waals surface area contributed by atoms with Crippen molar-refractivity contribution in [1.29, 1.82) is 0 Å². The van der Waals surface area contributed by atoms with Gasteiger partial charge >= 0.3 is 0 Å². The van der Waals surface area contributed by atoms with Gasteiger partial charge in [0.15, 0.2) is 0 Å². The second kappa shape index (κ2) is 3.87. The van der Waals surface area contributed by atoms with Gasteiger partial charge in [-0.15, -0.1) is 0 Å². The van der Waals surface area contributed by atoms with Crippen LogP contribution < -0.4 is 11.3 Å². The lowest BCUT2D eigenvalue weighted by molar-refractivity contribution is 0.988. The molecule has 0 amide bonds. The molecule has 0 spiro atoms. The van der Waals surface area contributed by atoms with E-state index in [4.69, 9.17) is 5.84 Å². The molecule has 0 aliphatic rings. The molecule has 0 saturated carbocycles. The van der Waals surface area contributed by atoms with Crippen molar-refractivity contribution >= 4 is 5.84 Å². The van der Waals surface area contributed by atoms with Crippen molar-refractivity contribution in [2.45, 2.75) is 13.8 Å². The van der Waals surface area contributed by atoms with Crippen LogP contribution in [0.3, 0.4) is 0 Å². The lowest BCUT2D eigenvalue weighted by Crippen LogP contribution is -2.31. The Morgan fingerprint density at radius 1 is 1.83 bits per heavy atom. The van der Waals surface area contributed by atoms with Crippen LogP contribution in [0.4, 0.5) is 0 Å². The van der Waals surface area contributed by atoms with E-state index in [1.807, 2.05) is 13.8 Å². The van der Waals surface area contributed by atoms with Gasteiger partial charge in [0, 0.05) is 12.2 Å². The van der Waals surface area contributed by atoms with Crippen molar-refractivity contribution in [3.05, 3.63) is 17.5 Å². The summed E-state index contributed by atoms with van der Waals surface area (Å²) in [5.41, 5.74) is 4.41. The molecule has 0 unspecified atom stereocenters. The molecule has 0 atom stereocenters. The first kappa shape index (κ1) is 8.73. The van der Waals surface area contributed by atoms with Crippen LogP contribution >= 0.6 is 0 Å². The summed E-state index contributed by atoms with van der Waals surface area (Å²) in [6.07, 6.45) is 1.70. The number of aliphatic imine (C=N–C) groups is 1. The number of nitrogens with one attached hydrogen (secondary N) is 2. The number of nitrogens with two attached hydrogens (primary N) is 1. The first-order valence-corrected chi connectivity index (χ1v) is 3.81. The Kier molecular flexibility index (Phi) is 2.82. The smallest absolute Gasteiger partial charge is 0.145 e. The second-order valence-corrected chi connectivity index (χ2v) is 2.38. The maximum atomic E-state index is 5.30. The van der Waals surface area contributed by atoms with Crippen molar-refractivity contribution in [3.8, 4) is 0 Å². The lowest BCUT2D eigenvalue weighted by Gasteiger charge is -2.02. The Bertz CT molecular complexity index is 275. The standard InChI is InChI=1S/C7H13N5/c1-3-9-7(11-8)6-4-10-12-5(6)2/h4H,3,8H2,1-2H3,(H,9,11)(H,10,12). The van der Waals surface area contributed by atoms with Crippen LogP contribution in [0.2, 0.25) is 0 Å². The van der Waals surface area contributed by atoms with Crippen molar-refractivity contribution in [3.63, 3.8) is 0 Å². The van der Waals surface area contributed by atoms with E-state index >= 15 is 0 Å². The van der Waals surface area contributed by atoms with Crippen LogP contribution in [0.15, 0.2) is 11.2 Å². The van der Waals surface area contributed by atoms with Gasteiger partial charge in [-0.1, -0.05) is 0 Å². The highest BCUT2D eigenvalue weighted by atomic mass is 15.3. The number of amidine groups is 1. The molecule has 0 aliphatic carbocycles. The number of aromatic amines is 1. The predicted molar refractivity (Wildman–Crippen MR) is 47.7 cm³/mol. The molecule has 4 N–H and O–H groups in total. The molecule has 66 valence electrons. The zero-order chi connectivity index (χ0) is 8.97. The minimum absolute atomic E-state index is 0.670. The monoisotopic (exact) mass is 167 g/mol. The highest BCUT2D eigenvalue weighted by Gasteiger charge is 2.05. The van der Waals surface area contributed by atoms with Crippen molar-refractivity contribution in [2.75, 3.05) is 6.54 Å². The molecular weight excluding hydrogens is 154 g/mol. The van der Waals surface area contributed by atoms with Gasteiger partial charge in [0.1, 0.15) is 5.84 Å². The molecule has 5 heteroatoms. The highest BCUT2D eigenvalue weighted by Crippen LogP contribution is 2.02. The molecule has 0 saturated heterocycles. The highest BCUT2D eigenvalue weighted by molar-refractivity contribution is 5.99. The van der Waals surface area contributed by atoms with Crippen LogP contribution in [-0.4, -0.2) is 22.6 Å². The molecule has 1 rings (SSSR count). The number of hydrazine groups is 1. The number of hydrogen-bond acceptors (Lipinski definition) is 3. The fourth-order valence-corrected chi connectivity index (χ4v) is 0.956. The largest absolute Gasteiger partial charge is 0.308 e. The number of aromatic nitrogens is 2. The van der Waals surface area contributed by atoms with E-state index in [0.29, 0.717) is 12.4 Å². The Morgan fingerprint density at radius 2 is 2.58 bits per heavy atom. The lowest BCUT2D eigenvalue weighted by atomic mass is 10.2. The molecule has 12 heavy (non-hydrogen) atoms. The molecule has 1 heterocycles. The maximum absolute atomic E-state index is 5.30. The number of nitrogens with zero attached hydrogens (tertiary/aromatic N) is 2. The van der Waals surface area contributed by atoms with Crippen molar-refractivity contribution in [1.82, 2.24) is 15.6 Å². The third kappa shape index (κ3) is 1.62. The van der Waals surface area contributed by atoms with Crippen molar-refractivity contribution < 1.29 is 0 Å². The third-order valence-corrected chi connectivity index (χ3v) is 1.54. The number of hydrogen-bond donors (Lipinski definition) is 3. The van der Waals surface area contributed by atoms with E-state index in [2.05, 4.69) is 20.6 Å². The summed E-state index contributed by atoms with van der Waals surface area (Å²) in [6, 6.07) is 0. The molecule has 0 aliphatic heterocycles. The molecule has 0 bridgehead atoms. The minimum Gasteiger partial charge on any atom is -0.308 e. The molecule has 0 radical (unpaired) electrons. The Balaban J connectivity index is 2.95. The van der Waals surface area contributed by atoms with Gasteiger partial charge in [-0.2, -0.15) is 5.10 Å². The van der Waals surface area contributed by atoms with Gasteiger partial charge in [0.25, 0.3) is 0 Å². The van der Waals surface area contributed by atoms with E-state index in [1.165, 1.54) is 0 Å². The fraction of sp³-hybridized carbons (Fsp3) is 0.429. The Labute approximate surface area is 71.0 Å². The van der Waals surface area contributed by atoms with Gasteiger partial charge in [-0.05, 0) is 13.8 Å². The maximum Gasteiger partial charge on any atom is 0.145 e. The molecule has 0 aromatic carbocycles. The van der Waals surface area contributed by atoms with E-state index in [1.54, 1.807) is 6.20 Å². The first-order valence-electron chi connectivity index (χ1n) is 3.81. The zero-order valence-corrected chi connectivity index (χ0v) is 7.26. The quantitative estimate of drug-likeness (QED) is 0.250. The van der Waals surface area contributed by atoms with Gasteiger partial charge in [-0.3, -0.25) is 10.1 Å². The van der Waals surface area contributed by atoms with Crippen LogP contribution in [-0.2, 0) is 0 Å². The summed E-state index contributed by atoms with van der Waals surface area (Å²) in [6.45, 7) is 4.57. The van der Waals surface area contributed by atoms with E-state index < -0.39 is 0 Å². The summed E-state index contributed by atoms with van der Waals surface area (Å²) in [7, 11) is 0. The SMILES string of the molecule is CCN=C(NN)c1cn[nH]c1C. The summed E-state index contributed by atoms with van der Waals surface area (Å²) >= 11 is 0. The van der Waals surface area contributed by atoms with Gasteiger partial charge in [-0.25, -0.2) is 5.84 Å². The Hall–Kier alpha value is -1.36. The summed E-state index contributed by atoms with van der Waals surface area (Å²) in [5.74, 6) is 5.97. The summed E-state index contributed by atoms with van der Waals surface area (Å²) in [5, 5.41) is 6.69. The van der Waals surface area contributed by atoms with E-state index in [0.717, 1.165) is 11.3 Å². The van der Waals surface area contributed by atoms with Crippen LogP contribution in [0.5, 0.6) is 0 Å². The molecule has 1 aromatic rings. The van der Waals surface area contributed by atoms with Gasteiger partial charge < -0.3 is 5.43 Å². The topological polar surface area (TPSA) is 79.1 Å². The van der Waals surface area contributed by atoms with E-state index in [-0.39, 0.29) is 0 Å². The first-order chi connectivity index (χ1) is 5.79. The molecule has 5 nitrogen and oxygen atoms in total. The number of H-pyrrole nitrogens is 1. The van der Waals surface area contributed by atoms with E-state index in [9.17, 15) is 0 Å². The van der Waals surface area contributed by atoms with Crippen LogP contribution in [0.25, 0.3) is 0 Å². The number of aryl methyl sites for hydroxylation is 1. The molecule has 0 fully saturated rings. The van der Waals surface area contributed by atoms with Crippen molar-refractivity contribution in [2.24, 2.45) is 10.8 Å². The fourth-order valence-electron chi connectivity index (χ4n) is 0.956. The normalized spacial score (nSPS) is 11.8. The predicted octanol–water partition coefficient (Wildman–Crippen LogP) is -0.0521. The second-order valence-electron chi connectivity index (χ2n) is 2.38. The summed E-state index contributed by atoms with van der Waals surface area (Å²) < 4.78 is 0. The summed E-state index contributed by atoms with van der Waals surface area (Å²) in [4.78, 5) is 4.17.